The number of nitrogens with one attached hydrogen (secondary N) is 2. The lowest BCUT2D eigenvalue weighted by Crippen LogP contribution is -2.21. The molecule has 0 aliphatic rings. The van der Waals surface area contributed by atoms with Crippen LogP contribution in [0.5, 0.6) is 0 Å². The maximum absolute atomic E-state index is 12.3. The van der Waals surface area contributed by atoms with E-state index in [-0.39, 0.29) is 11.8 Å². The van der Waals surface area contributed by atoms with Gasteiger partial charge in [0.1, 0.15) is 0 Å². The Morgan fingerprint density at radius 3 is 2.36 bits per heavy atom. The fourth-order valence-electron chi connectivity index (χ4n) is 2.21. The second-order valence-electron chi connectivity index (χ2n) is 5.76. The van der Waals surface area contributed by atoms with E-state index in [0.717, 1.165) is 19.4 Å². The van der Waals surface area contributed by atoms with Gasteiger partial charge in [-0.15, -0.1) is 0 Å². The lowest BCUT2D eigenvalue weighted by Gasteiger charge is -2.16. The van der Waals surface area contributed by atoms with Gasteiger partial charge in [0.15, 0.2) is 0 Å². The number of amides is 2. The molecule has 0 bridgehead atoms. The van der Waals surface area contributed by atoms with E-state index in [1.165, 1.54) is 19.3 Å². The smallest absolute Gasteiger partial charge is 0.258 e. The first-order chi connectivity index (χ1) is 12.0. The van der Waals surface area contributed by atoms with Crippen molar-refractivity contribution in [2.45, 2.75) is 26.7 Å². The van der Waals surface area contributed by atoms with Crippen molar-refractivity contribution in [1.29, 1.82) is 0 Å². The molecule has 0 unspecified atom stereocenters. The van der Waals surface area contributed by atoms with Gasteiger partial charge in [0.05, 0.1) is 5.56 Å². The molecular formula is C18H23N5O2. The molecule has 1 aromatic heterocycles. The molecule has 0 saturated carbocycles. The van der Waals surface area contributed by atoms with E-state index in [9.17, 15) is 9.59 Å². The van der Waals surface area contributed by atoms with Gasteiger partial charge < -0.3 is 15.5 Å². The first-order valence-corrected chi connectivity index (χ1v) is 8.21. The van der Waals surface area contributed by atoms with E-state index in [1.807, 2.05) is 11.9 Å². The van der Waals surface area contributed by atoms with Crippen LogP contribution in [0, 0.1) is 0 Å². The number of anilines is 3. The second kappa shape index (κ2) is 8.77. The van der Waals surface area contributed by atoms with Gasteiger partial charge in [0, 0.05) is 44.3 Å². The predicted molar refractivity (Wildman–Crippen MR) is 98.9 cm³/mol. The van der Waals surface area contributed by atoms with Crippen molar-refractivity contribution < 1.29 is 9.59 Å². The monoisotopic (exact) mass is 341 g/mol. The summed E-state index contributed by atoms with van der Waals surface area (Å²) in [6, 6.07) is 6.94. The average molecular weight is 341 g/mol. The molecule has 2 N–H and O–H groups in total. The molecule has 7 nitrogen and oxygen atoms in total. The lowest BCUT2D eigenvalue weighted by molar-refractivity contribution is -0.114. The molecular weight excluding hydrogens is 318 g/mol. The van der Waals surface area contributed by atoms with Gasteiger partial charge in [-0.3, -0.25) is 9.59 Å². The van der Waals surface area contributed by atoms with Gasteiger partial charge >= 0.3 is 0 Å². The number of carbonyl (C=O) groups is 2. The molecule has 0 atom stereocenters. The van der Waals surface area contributed by atoms with E-state index >= 15 is 0 Å². The summed E-state index contributed by atoms with van der Waals surface area (Å²) in [5.74, 6) is 0.125. The molecule has 1 heterocycles. The normalized spacial score (nSPS) is 10.2. The van der Waals surface area contributed by atoms with E-state index in [4.69, 9.17) is 0 Å². The summed E-state index contributed by atoms with van der Waals surface area (Å²) in [4.78, 5) is 33.9. The molecule has 7 heteroatoms. The Hall–Kier alpha value is -2.96. The van der Waals surface area contributed by atoms with Gasteiger partial charge in [0.2, 0.25) is 11.9 Å². The molecule has 2 aromatic rings. The Morgan fingerprint density at radius 1 is 1.12 bits per heavy atom. The molecule has 2 rings (SSSR count). The number of unbranched alkanes of at least 4 members (excludes halogenated alkanes) is 1. The molecule has 132 valence electrons. The number of carbonyl (C=O) groups excluding carboxylic acids is 2. The number of hydrogen-bond acceptors (Lipinski definition) is 5. The average Bonchev–Trinajstić information content (AvgIpc) is 2.59. The number of rotatable bonds is 7. The van der Waals surface area contributed by atoms with Crippen LogP contribution >= 0.6 is 0 Å². The summed E-state index contributed by atoms with van der Waals surface area (Å²) in [5.41, 5.74) is 1.58. The summed E-state index contributed by atoms with van der Waals surface area (Å²) in [5, 5.41) is 5.45. The fourth-order valence-corrected chi connectivity index (χ4v) is 2.21. The predicted octanol–water partition coefficient (Wildman–Crippen LogP) is 2.92. The minimum atomic E-state index is -0.303. The van der Waals surface area contributed by atoms with E-state index in [0.29, 0.717) is 22.9 Å². The number of benzene rings is 1. The summed E-state index contributed by atoms with van der Waals surface area (Å²) < 4.78 is 0. The van der Waals surface area contributed by atoms with Gasteiger partial charge in [-0.2, -0.15) is 0 Å². The minimum absolute atomic E-state index is 0.167. The molecule has 0 aliphatic heterocycles. The number of nitrogens with zero attached hydrogens (tertiary/aromatic N) is 3. The summed E-state index contributed by atoms with van der Waals surface area (Å²) >= 11 is 0. The van der Waals surface area contributed by atoms with Crippen LogP contribution in [0.1, 0.15) is 37.0 Å². The van der Waals surface area contributed by atoms with Crippen LogP contribution in [0.3, 0.4) is 0 Å². The first kappa shape index (κ1) is 18.4. The zero-order valence-electron chi connectivity index (χ0n) is 14.7. The number of aromatic nitrogens is 2. The molecule has 0 saturated heterocycles. The van der Waals surface area contributed by atoms with Crippen molar-refractivity contribution in [3.05, 3.63) is 42.2 Å². The van der Waals surface area contributed by atoms with Crippen molar-refractivity contribution in [3.8, 4) is 0 Å². The maximum atomic E-state index is 12.3. The van der Waals surface area contributed by atoms with Crippen LogP contribution in [0.25, 0.3) is 0 Å². The van der Waals surface area contributed by atoms with Crippen LogP contribution < -0.4 is 15.5 Å². The Bertz CT molecular complexity index is 731. The van der Waals surface area contributed by atoms with Crippen molar-refractivity contribution >= 4 is 29.1 Å². The highest BCUT2D eigenvalue weighted by atomic mass is 16.2. The fraction of sp³-hybridized carbons (Fsp3) is 0.333. The molecule has 2 amide bonds. The molecule has 0 aliphatic carbocycles. The number of hydrogen-bond donors (Lipinski definition) is 2. The zero-order valence-corrected chi connectivity index (χ0v) is 14.7. The van der Waals surface area contributed by atoms with Gasteiger partial charge in [0.25, 0.3) is 5.91 Å². The summed E-state index contributed by atoms with van der Waals surface area (Å²) in [6.07, 6.45) is 5.19. The first-order valence-electron chi connectivity index (χ1n) is 8.21. The van der Waals surface area contributed by atoms with E-state index in [1.54, 1.807) is 24.3 Å². The SMILES string of the molecule is CCCCN(C)c1ncc(C(=O)Nc2cccc(NC(C)=O)c2)cn1. The molecule has 0 radical (unpaired) electrons. The van der Waals surface area contributed by atoms with Crippen LogP contribution in [0.15, 0.2) is 36.7 Å². The van der Waals surface area contributed by atoms with Crippen molar-refractivity contribution in [3.63, 3.8) is 0 Å². The third-order valence-electron chi connectivity index (χ3n) is 3.53. The highest BCUT2D eigenvalue weighted by Crippen LogP contribution is 2.16. The molecule has 0 fully saturated rings. The Labute approximate surface area is 147 Å². The topological polar surface area (TPSA) is 87.2 Å². The van der Waals surface area contributed by atoms with Crippen LogP contribution in [-0.2, 0) is 4.79 Å². The largest absolute Gasteiger partial charge is 0.344 e. The molecule has 25 heavy (non-hydrogen) atoms. The minimum Gasteiger partial charge on any atom is -0.344 e. The molecule has 1 aromatic carbocycles. The van der Waals surface area contributed by atoms with Gasteiger partial charge in [-0.1, -0.05) is 19.4 Å². The third-order valence-corrected chi connectivity index (χ3v) is 3.53. The summed E-state index contributed by atoms with van der Waals surface area (Å²) in [6.45, 7) is 4.43. The van der Waals surface area contributed by atoms with Gasteiger partial charge in [-0.25, -0.2) is 9.97 Å². The third kappa shape index (κ3) is 5.56. The Balaban J connectivity index is 2.02. The molecule has 0 spiro atoms. The standard InChI is InChI=1S/C18H23N5O2/c1-4-5-9-23(3)18-19-11-14(12-20-18)17(25)22-16-8-6-7-15(10-16)21-13(2)24/h6-8,10-12H,4-5,9H2,1-3H3,(H,21,24)(H,22,25). The highest BCUT2D eigenvalue weighted by Gasteiger charge is 2.10. The van der Waals surface area contributed by atoms with Crippen LogP contribution in [0.2, 0.25) is 0 Å². The lowest BCUT2D eigenvalue weighted by atomic mass is 10.2. The summed E-state index contributed by atoms with van der Waals surface area (Å²) in [7, 11) is 1.93. The zero-order chi connectivity index (χ0) is 18.2. The van der Waals surface area contributed by atoms with Crippen molar-refractivity contribution in [2.75, 3.05) is 29.1 Å². The Morgan fingerprint density at radius 2 is 1.76 bits per heavy atom. The van der Waals surface area contributed by atoms with Crippen molar-refractivity contribution in [1.82, 2.24) is 9.97 Å². The van der Waals surface area contributed by atoms with Gasteiger partial charge in [-0.05, 0) is 24.6 Å². The second-order valence-corrected chi connectivity index (χ2v) is 5.76. The maximum Gasteiger partial charge on any atom is 0.258 e. The quantitative estimate of drug-likeness (QED) is 0.808. The van der Waals surface area contributed by atoms with Crippen LogP contribution in [-0.4, -0.2) is 35.4 Å². The van der Waals surface area contributed by atoms with E-state index < -0.39 is 0 Å². The highest BCUT2D eigenvalue weighted by molar-refractivity contribution is 6.04. The van der Waals surface area contributed by atoms with E-state index in [2.05, 4.69) is 27.5 Å². The van der Waals surface area contributed by atoms with Crippen LogP contribution in [0.4, 0.5) is 17.3 Å². The Kier molecular flexibility index (Phi) is 6.45. The van der Waals surface area contributed by atoms with Crippen molar-refractivity contribution in [2.24, 2.45) is 0 Å².